The number of nitro groups is 1. The molecule has 0 amide bonds. The van der Waals surface area contributed by atoms with E-state index >= 15 is 0 Å². The van der Waals surface area contributed by atoms with Crippen molar-refractivity contribution in [2.45, 2.75) is 0 Å². The van der Waals surface area contributed by atoms with Gasteiger partial charge < -0.3 is 0 Å². The zero-order chi connectivity index (χ0) is 12.3. The van der Waals surface area contributed by atoms with E-state index < -0.39 is 4.92 Å². The first-order chi connectivity index (χ1) is 8.16. The molecular weight excluding hydrogens is 240 g/mol. The maximum absolute atomic E-state index is 11.9. The van der Waals surface area contributed by atoms with Gasteiger partial charge in [-0.25, -0.2) is 0 Å². The molecule has 5 nitrogen and oxygen atoms in total. The molecule has 1 fully saturated rings. The van der Waals surface area contributed by atoms with Gasteiger partial charge in [-0.1, -0.05) is 0 Å². The Bertz CT molecular complexity index is 427. The molecule has 0 aromatic heterocycles. The van der Waals surface area contributed by atoms with Crippen LogP contribution in [-0.2, 0) is 0 Å². The van der Waals surface area contributed by atoms with Crippen LogP contribution in [0.5, 0.6) is 0 Å². The van der Waals surface area contributed by atoms with Gasteiger partial charge in [0.05, 0.1) is 11.5 Å². The lowest BCUT2D eigenvalue weighted by molar-refractivity contribution is -0.384. The van der Waals surface area contributed by atoms with Crippen molar-refractivity contribution in [2.24, 2.45) is 0 Å². The Labute approximate surface area is 103 Å². The summed E-state index contributed by atoms with van der Waals surface area (Å²) in [5.74, 6) is 1.97. The number of Topliss-reactive ketones (excluding diaryl/α,β-unsaturated/α-hetero) is 1. The van der Waals surface area contributed by atoms with Gasteiger partial charge in [0.2, 0.25) is 0 Å². The van der Waals surface area contributed by atoms with Crippen LogP contribution in [0.4, 0.5) is 5.69 Å². The second-order valence-electron chi connectivity index (χ2n) is 3.82. The number of benzene rings is 1. The van der Waals surface area contributed by atoms with Crippen molar-refractivity contribution in [3.63, 3.8) is 0 Å². The summed E-state index contributed by atoms with van der Waals surface area (Å²) in [6.07, 6.45) is 0. The summed E-state index contributed by atoms with van der Waals surface area (Å²) in [4.78, 5) is 23.9. The lowest BCUT2D eigenvalue weighted by Crippen LogP contribution is -2.26. The van der Waals surface area contributed by atoms with Crippen molar-refractivity contribution in [1.82, 2.24) is 4.90 Å². The Morgan fingerprint density at radius 1 is 1.41 bits per heavy atom. The van der Waals surface area contributed by atoms with Gasteiger partial charge in [0.25, 0.3) is 5.69 Å². The quantitative estimate of drug-likeness (QED) is 0.464. The smallest absolute Gasteiger partial charge is 0.269 e. The van der Waals surface area contributed by atoms with E-state index in [2.05, 4.69) is 4.90 Å². The summed E-state index contributed by atoms with van der Waals surface area (Å²) in [5.41, 5.74) is 0.547. The molecule has 0 atom stereocenters. The van der Waals surface area contributed by atoms with Crippen LogP contribution in [0.1, 0.15) is 10.4 Å². The molecule has 0 radical (unpaired) electrons. The molecule has 1 aromatic rings. The Hall–Kier alpha value is -1.40. The van der Waals surface area contributed by atoms with Crippen LogP contribution in [0.25, 0.3) is 0 Å². The van der Waals surface area contributed by atoms with Crippen LogP contribution >= 0.6 is 11.8 Å². The van der Waals surface area contributed by atoms with Gasteiger partial charge in [-0.3, -0.25) is 19.8 Å². The molecule has 1 saturated heterocycles. The van der Waals surface area contributed by atoms with Crippen LogP contribution < -0.4 is 0 Å². The molecule has 1 heterocycles. The number of rotatable bonds is 4. The first-order valence-corrected chi connectivity index (χ1v) is 6.40. The molecule has 1 aromatic carbocycles. The molecule has 0 unspecified atom stereocenters. The summed E-state index contributed by atoms with van der Waals surface area (Å²) < 4.78 is 0. The van der Waals surface area contributed by atoms with Gasteiger partial charge in [0.15, 0.2) is 5.78 Å². The number of hydrogen-bond donors (Lipinski definition) is 0. The van der Waals surface area contributed by atoms with Crippen LogP contribution in [0.2, 0.25) is 0 Å². The Kier molecular flexibility index (Phi) is 3.75. The average Bonchev–Trinajstić information content (AvgIpc) is 2.82. The van der Waals surface area contributed by atoms with Gasteiger partial charge >= 0.3 is 0 Å². The first-order valence-electron chi connectivity index (χ1n) is 5.24. The number of hydrogen-bond acceptors (Lipinski definition) is 5. The monoisotopic (exact) mass is 252 g/mol. The topological polar surface area (TPSA) is 63.5 Å². The fraction of sp³-hybridized carbons (Fsp3) is 0.364. The van der Waals surface area contributed by atoms with Gasteiger partial charge in [0, 0.05) is 35.9 Å². The second kappa shape index (κ2) is 5.29. The van der Waals surface area contributed by atoms with Gasteiger partial charge in [0.1, 0.15) is 0 Å². The third-order valence-corrected chi connectivity index (χ3v) is 3.61. The number of nitrogens with zero attached hydrogens (tertiary/aromatic N) is 2. The third-order valence-electron chi connectivity index (χ3n) is 2.59. The molecule has 0 saturated carbocycles. The second-order valence-corrected chi connectivity index (χ2v) is 4.89. The van der Waals surface area contributed by atoms with E-state index in [1.54, 1.807) is 0 Å². The Morgan fingerprint density at radius 2 is 2.12 bits per heavy atom. The highest BCUT2D eigenvalue weighted by atomic mass is 32.2. The van der Waals surface area contributed by atoms with Crippen molar-refractivity contribution in [1.29, 1.82) is 0 Å². The Balaban J connectivity index is 2.01. The maximum Gasteiger partial charge on any atom is 0.269 e. The minimum absolute atomic E-state index is 0.0123. The van der Waals surface area contributed by atoms with E-state index in [0.717, 1.165) is 18.2 Å². The number of carbonyl (C=O) groups is 1. The third kappa shape index (κ3) is 3.04. The normalized spacial score (nSPS) is 16.0. The fourth-order valence-electron chi connectivity index (χ4n) is 1.64. The summed E-state index contributed by atoms with van der Waals surface area (Å²) in [7, 11) is 0. The molecule has 0 bridgehead atoms. The lowest BCUT2D eigenvalue weighted by atomic mass is 10.1. The largest absolute Gasteiger partial charge is 0.293 e. The average molecular weight is 252 g/mol. The molecule has 0 N–H and O–H groups in total. The van der Waals surface area contributed by atoms with Crippen molar-refractivity contribution in [2.75, 3.05) is 24.7 Å². The number of carbonyl (C=O) groups excluding carboxylic acids is 1. The lowest BCUT2D eigenvalue weighted by Gasteiger charge is -2.12. The molecule has 90 valence electrons. The number of thioether (sulfide) groups is 1. The number of nitro benzene ring substituents is 1. The van der Waals surface area contributed by atoms with Gasteiger partial charge in [-0.05, 0) is 12.1 Å². The van der Waals surface area contributed by atoms with E-state index in [4.69, 9.17) is 0 Å². The molecule has 0 aliphatic carbocycles. The molecular formula is C11H12N2O3S. The van der Waals surface area contributed by atoms with Crippen LogP contribution in [0, 0.1) is 10.1 Å². The van der Waals surface area contributed by atoms with E-state index in [0.29, 0.717) is 12.1 Å². The van der Waals surface area contributed by atoms with Crippen LogP contribution in [0.3, 0.4) is 0 Å². The SMILES string of the molecule is O=C(CN1CCSC1)c1ccc([N+](=O)[O-])cc1. The highest BCUT2D eigenvalue weighted by Gasteiger charge is 2.17. The fourth-order valence-corrected chi connectivity index (χ4v) is 2.63. The molecule has 6 heteroatoms. The van der Waals surface area contributed by atoms with E-state index in [9.17, 15) is 14.9 Å². The summed E-state index contributed by atoms with van der Waals surface area (Å²) in [6.45, 7) is 1.33. The maximum atomic E-state index is 11.9. The Morgan fingerprint density at radius 3 is 2.65 bits per heavy atom. The zero-order valence-electron chi connectivity index (χ0n) is 9.17. The van der Waals surface area contributed by atoms with Crippen LogP contribution in [0.15, 0.2) is 24.3 Å². The van der Waals surface area contributed by atoms with Crippen molar-refractivity contribution in [3.8, 4) is 0 Å². The molecule has 1 aliphatic rings. The molecule has 0 spiro atoms. The van der Waals surface area contributed by atoms with Gasteiger partial charge in [-0.2, -0.15) is 0 Å². The summed E-state index contributed by atoms with van der Waals surface area (Å²) in [6, 6.07) is 5.77. The predicted octanol–water partition coefficient (Wildman–Crippen LogP) is 1.78. The summed E-state index contributed by atoms with van der Waals surface area (Å²) in [5, 5.41) is 10.5. The van der Waals surface area contributed by atoms with Crippen molar-refractivity contribution >= 4 is 23.2 Å². The van der Waals surface area contributed by atoms with E-state index in [1.165, 1.54) is 24.3 Å². The minimum Gasteiger partial charge on any atom is -0.293 e. The first kappa shape index (κ1) is 12.1. The van der Waals surface area contributed by atoms with Crippen LogP contribution in [-0.4, -0.2) is 40.3 Å². The highest BCUT2D eigenvalue weighted by molar-refractivity contribution is 7.99. The van der Waals surface area contributed by atoms with Gasteiger partial charge in [-0.15, -0.1) is 11.8 Å². The highest BCUT2D eigenvalue weighted by Crippen LogP contribution is 2.16. The predicted molar refractivity (Wildman–Crippen MR) is 66.3 cm³/mol. The molecule has 2 rings (SSSR count). The minimum atomic E-state index is -0.467. The summed E-state index contributed by atoms with van der Waals surface area (Å²) >= 11 is 1.81. The van der Waals surface area contributed by atoms with Crippen molar-refractivity contribution in [3.05, 3.63) is 39.9 Å². The molecule has 1 aliphatic heterocycles. The molecule has 17 heavy (non-hydrogen) atoms. The van der Waals surface area contributed by atoms with E-state index in [-0.39, 0.29) is 11.5 Å². The number of ketones is 1. The standard InChI is InChI=1S/C11H12N2O3S/c14-11(7-12-5-6-17-8-12)9-1-3-10(4-2-9)13(15)16/h1-4H,5-8H2. The number of non-ortho nitro benzene ring substituents is 1. The van der Waals surface area contributed by atoms with E-state index in [1.807, 2.05) is 11.8 Å². The van der Waals surface area contributed by atoms with Crippen molar-refractivity contribution < 1.29 is 9.72 Å². The zero-order valence-corrected chi connectivity index (χ0v) is 9.98.